The normalized spacial score (nSPS) is 10.2. The zero-order chi connectivity index (χ0) is 14.7. The molecule has 1 heterocycles. The van der Waals surface area contributed by atoms with Crippen molar-refractivity contribution in [1.82, 2.24) is 4.98 Å². The predicted molar refractivity (Wildman–Crippen MR) is 80.3 cm³/mol. The Balaban J connectivity index is 2.21. The van der Waals surface area contributed by atoms with Crippen molar-refractivity contribution in [3.05, 3.63) is 47.1 Å². The Labute approximate surface area is 121 Å². The molecule has 0 fully saturated rings. The van der Waals surface area contributed by atoms with Crippen LogP contribution >= 0.6 is 11.6 Å². The number of hydrogen-bond donors (Lipinski definition) is 2. The maximum Gasteiger partial charge on any atom is 0.337 e. The number of nitrogens with one attached hydrogen (secondary N) is 1. The smallest absolute Gasteiger partial charge is 0.337 e. The standard InChI is InChI=1S/C14H14ClN3O2/c1-18(2)10-5-3-9(4-6-10)17-13-7-11(14(19)20)12(15)8-16-13/h3-8H,1-2H3,(H,16,17)(H,19,20). The van der Waals surface area contributed by atoms with Gasteiger partial charge in [-0.2, -0.15) is 0 Å². The SMILES string of the molecule is CN(C)c1ccc(Nc2cc(C(=O)O)c(Cl)cn2)cc1. The fourth-order valence-electron chi connectivity index (χ4n) is 1.66. The van der Waals surface area contributed by atoms with E-state index in [1.165, 1.54) is 12.3 Å². The largest absolute Gasteiger partial charge is 0.478 e. The molecule has 2 rings (SSSR count). The molecule has 0 saturated heterocycles. The van der Waals surface area contributed by atoms with Gasteiger partial charge < -0.3 is 15.3 Å². The maximum atomic E-state index is 11.0. The first-order chi connectivity index (χ1) is 9.47. The van der Waals surface area contributed by atoms with Crippen molar-refractivity contribution in [1.29, 1.82) is 0 Å². The third-order valence-electron chi connectivity index (χ3n) is 2.74. The number of hydrogen-bond acceptors (Lipinski definition) is 4. The molecule has 1 aromatic carbocycles. The van der Waals surface area contributed by atoms with Gasteiger partial charge in [0.25, 0.3) is 0 Å². The predicted octanol–water partition coefficient (Wildman–Crippen LogP) is 3.24. The third-order valence-corrected chi connectivity index (χ3v) is 3.04. The molecule has 2 aromatic rings. The summed E-state index contributed by atoms with van der Waals surface area (Å²) in [5.74, 6) is -0.646. The van der Waals surface area contributed by atoms with E-state index in [0.717, 1.165) is 11.4 Å². The lowest BCUT2D eigenvalue weighted by Gasteiger charge is -2.13. The van der Waals surface area contributed by atoms with Gasteiger partial charge in [0.15, 0.2) is 0 Å². The number of aromatic nitrogens is 1. The molecular weight excluding hydrogens is 278 g/mol. The molecule has 6 heteroatoms. The molecule has 104 valence electrons. The summed E-state index contributed by atoms with van der Waals surface area (Å²) in [7, 11) is 3.92. The van der Waals surface area contributed by atoms with Crippen molar-refractivity contribution in [2.45, 2.75) is 0 Å². The van der Waals surface area contributed by atoms with Crippen LogP contribution in [0, 0.1) is 0 Å². The van der Waals surface area contributed by atoms with Gasteiger partial charge in [0.2, 0.25) is 0 Å². The van der Waals surface area contributed by atoms with E-state index in [1.807, 2.05) is 43.3 Å². The molecule has 2 N–H and O–H groups in total. The number of aromatic carboxylic acids is 1. The molecule has 0 amide bonds. The Hall–Kier alpha value is -2.27. The second-order valence-corrected chi connectivity index (χ2v) is 4.83. The van der Waals surface area contributed by atoms with E-state index in [0.29, 0.717) is 5.82 Å². The number of carboxylic acids is 1. The van der Waals surface area contributed by atoms with Crippen molar-refractivity contribution in [3.63, 3.8) is 0 Å². The Bertz CT molecular complexity index is 627. The molecule has 0 aliphatic carbocycles. The van der Waals surface area contributed by atoms with Crippen molar-refractivity contribution in [3.8, 4) is 0 Å². The van der Waals surface area contributed by atoms with Gasteiger partial charge in [0, 0.05) is 31.7 Å². The minimum absolute atomic E-state index is 0.0223. The molecule has 0 unspecified atom stereocenters. The maximum absolute atomic E-state index is 11.0. The van der Waals surface area contributed by atoms with Gasteiger partial charge >= 0.3 is 5.97 Å². The first-order valence-corrected chi connectivity index (χ1v) is 6.28. The topological polar surface area (TPSA) is 65.5 Å². The fourth-order valence-corrected chi connectivity index (χ4v) is 1.85. The molecule has 0 aliphatic heterocycles. The van der Waals surface area contributed by atoms with Crippen LogP contribution in [-0.4, -0.2) is 30.2 Å². The number of anilines is 3. The van der Waals surface area contributed by atoms with E-state index in [4.69, 9.17) is 16.7 Å². The van der Waals surface area contributed by atoms with Crippen LogP contribution in [0.15, 0.2) is 36.5 Å². The van der Waals surface area contributed by atoms with Crippen molar-refractivity contribution in [2.24, 2.45) is 0 Å². The summed E-state index contributed by atoms with van der Waals surface area (Å²) in [6.45, 7) is 0. The van der Waals surface area contributed by atoms with Crippen LogP contribution in [0.1, 0.15) is 10.4 Å². The van der Waals surface area contributed by atoms with Crippen LogP contribution in [0.25, 0.3) is 0 Å². The summed E-state index contributed by atoms with van der Waals surface area (Å²) >= 11 is 5.77. The summed E-state index contributed by atoms with van der Waals surface area (Å²) in [5.41, 5.74) is 1.92. The van der Waals surface area contributed by atoms with Crippen LogP contribution in [0.5, 0.6) is 0 Å². The Morgan fingerprint density at radius 2 is 1.95 bits per heavy atom. The summed E-state index contributed by atoms with van der Waals surface area (Å²) in [5, 5.41) is 12.2. The second-order valence-electron chi connectivity index (χ2n) is 4.42. The first kappa shape index (κ1) is 14.1. The fraction of sp³-hybridized carbons (Fsp3) is 0.143. The lowest BCUT2D eigenvalue weighted by atomic mass is 10.2. The van der Waals surface area contributed by atoms with Crippen LogP contribution in [0.2, 0.25) is 5.02 Å². The number of pyridine rings is 1. The Morgan fingerprint density at radius 3 is 2.50 bits per heavy atom. The summed E-state index contributed by atoms with van der Waals surface area (Å²) in [6, 6.07) is 9.11. The van der Waals surface area contributed by atoms with Crippen LogP contribution < -0.4 is 10.2 Å². The zero-order valence-electron chi connectivity index (χ0n) is 11.1. The van der Waals surface area contributed by atoms with Gasteiger partial charge in [-0.05, 0) is 30.3 Å². The van der Waals surface area contributed by atoms with Crippen molar-refractivity contribution in [2.75, 3.05) is 24.3 Å². The molecule has 1 aromatic heterocycles. The number of nitrogens with zero attached hydrogens (tertiary/aromatic N) is 2. The molecule has 0 bridgehead atoms. The molecule has 0 atom stereocenters. The van der Waals surface area contributed by atoms with Gasteiger partial charge in [0.1, 0.15) is 5.82 Å². The molecule has 5 nitrogen and oxygen atoms in total. The summed E-state index contributed by atoms with van der Waals surface area (Å²) < 4.78 is 0. The Morgan fingerprint density at radius 1 is 1.30 bits per heavy atom. The lowest BCUT2D eigenvalue weighted by Crippen LogP contribution is -2.08. The minimum atomic E-state index is -1.08. The van der Waals surface area contributed by atoms with Gasteiger partial charge in [0.05, 0.1) is 10.6 Å². The summed E-state index contributed by atoms with van der Waals surface area (Å²) in [4.78, 5) is 17.1. The van der Waals surface area contributed by atoms with E-state index in [9.17, 15) is 4.79 Å². The summed E-state index contributed by atoms with van der Waals surface area (Å²) in [6.07, 6.45) is 1.32. The molecule has 0 saturated carbocycles. The molecule has 0 radical (unpaired) electrons. The number of carbonyl (C=O) groups is 1. The van der Waals surface area contributed by atoms with Crippen LogP contribution in [0.3, 0.4) is 0 Å². The highest BCUT2D eigenvalue weighted by Crippen LogP contribution is 2.22. The number of halogens is 1. The molecule has 0 aliphatic rings. The number of carboxylic acid groups (broad SMARTS) is 1. The first-order valence-electron chi connectivity index (χ1n) is 5.90. The third kappa shape index (κ3) is 3.19. The zero-order valence-corrected chi connectivity index (χ0v) is 11.8. The van der Waals surface area contributed by atoms with Crippen molar-refractivity contribution < 1.29 is 9.90 Å². The van der Waals surface area contributed by atoms with E-state index in [-0.39, 0.29) is 10.6 Å². The highest BCUT2D eigenvalue weighted by atomic mass is 35.5. The van der Waals surface area contributed by atoms with E-state index in [1.54, 1.807) is 0 Å². The van der Waals surface area contributed by atoms with Crippen LogP contribution in [-0.2, 0) is 0 Å². The average Bonchev–Trinajstić information content (AvgIpc) is 2.41. The highest BCUT2D eigenvalue weighted by Gasteiger charge is 2.10. The quantitative estimate of drug-likeness (QED) is 0.905. The van der Waals surface area contributed by atoms with Gasteiger partial charge in [-0.15, -0.1) is 0 Å². The molecule has 20 heavy (non-hydrogen) atoms. The van der Waals surface area contributed by atoms with Gasteiger partial charge in [-0.3, -0.25) is 0 Å². The monoisotopic (exact) mass is 291 g/mol. The van der Waals surface area contributed by atoms with Gasteiger partial charge in [-0.25, -0.2) is 9.78 Å². The molecular formula is C14H14ClN3O2. The number of benzene rings is 1. The van der Waals surface area contributed by atoms with Crippen LogP contribution in [0.4, 0.5) is 17.2 Å². The number of rotatable bonds is 4. The molecule has 0 spiro atoms. The minimum Gasteiger partial charge on any atom is -0.478 e. The average molecular weight is 292 g/mol. The van der Waals surface area contributed by atoms with E-state index < -0.39 is 5.97 Å². The van der Waals surface area contributed by atoms with E-state index >= 15 is 0 Å². The Kier molecular flexibility index (Phi) is 4.10. The lowest BCUT2D eigenvalue weighted by molar-refractivity contribution is 0.0697. The second kappa shape index (κ2) is 5.79. The van der Waals surface area contributed by atoms with Crippen molar-refractivity contribution >= 4 is 34.8 Å². The van der Waals surface area contributed by atoms with Gasteiger partial charge in [-0.1, -0.05) is 11.6 Å². The highest BCUT2D eigenvalue weighted by molar-refractivity contribution is 6.33. The van der Waals surface area contributed by atoms with E-state index in [2.05, 4.69) is 10.3 Å².